The second-order valence-electron chi connectivity index (χ2n) is 6.07. The lowest BCUT2D eigenvalue weighted by Crippen LogP contribution is -2.40. The molecule has 2 aromatic carbocycles. The third-order valence-corrected chi connectivity index (χ3v) is 6.68. The van der Waals surface area contributed by atoms with Gasteiger partial charge in [0.2, 0.25) is 10.0 Å². The number of benzene rings is 2. The Labute approximate surface area is 170 Å². The van der Waals surface area contributed by atoms with E-state index in [-0.39, 0.29) is 45.9 Å². The van der Waals surface area contributed by atoms with E-state index in [2.05, 4.69) is 5.32 Å². The van der Waals surface area contributed by atoms with Crippen LogP contribution in [-0.4, -0.2) is 50.4 Å². The fourth-order valence-electron chi connectivity index (χ4n) is 2.68. The lowest BCUT2D eigenvalue weighted by molar-refractivity contribution is -0.0328. The summed E-state index contributed by atoms with van der Waals surface area (Å²) in [4.78, 5) is 12.4. The van der Waals surface area contributed by atoms with Crippen LogP contribution in [0.5, 0.6) is 0 Å². The number of amides is 1. The van der Waals surface area contributed by atoms with Gasteiger partial charge in [0.15, 0.2) is 0 Å². The van der Waals surface area contributed by atoms with Gasteiger partial charge < -0.3 is 10.1 Å². The van der Waals surface area contributed by atoms with Crippen LogP contribution in [0.2, 0.25) is 0 Å². The second kappa shape index (κ2) is 8.74. The SMILES string of the molecule is O=C(Nc1cccc(S(=O)(=O)N2CCOCC2)c1)c1ccc(SC(F)(F)F)cc1. The van der Waals surface area contributed by atoms with Crippen LogP contribution in [0.4, 0.5) is 18.9 Å². The minimum absolute atomic E-state index is 0.0346. The van der Waals surface area contributed by atoms with Crippen molar-refractivity contribution >= 4 is 33.4 Å². The van der Waals surface area contributed by atoms with E-state index in [4.69, 9.17) is 4.74 Å². The molecule has 3 rings (SSSR count). The molecule has 0 aromatic heterocycles. The molecule has 0 bridgehead atoms. The summed E-state index contributed by atoms with van der Waals surface area (Å²) in [5.74, 6) is -0.561. The first-order chi connectivity index (χ1) is 13.6. The molecule has 0 saturated carbocycles. The van der Waals surface area contributed by atoms with Crippen molar-refractivity contribution in [2.24, 2.45) is 0 Å². The Hall–Kier alpha value is -2.08. The van der Waals surface area contributed by atoms with E-state index in [1.54, 1.807) is 0 Å². The van der Waals surface area contributed by atoms with E-state index >= 15 is 0 Å². The Morgan fingerprint density at radius 2 is 1.72 bits per heavy atom. The number of rotatable bonds is 5. The zero-order valence-corrected chi connectivity index (χ0v) is 16.6. The fourth-order valence-corrected chi connectivity index (χ4v) is 4.68. The number of halogens is 3. The Kier molecular flexibility index (Phi) is 6.52. The van der Waals surface area contributed by atoms with Gasteiger partial charge in [0.25, 0.3) is 5.91 Å². The lowest BCUT2D eigenvalue weighted by Gasteiger charge is -2.26. The van der Waals surface area contributed by atoms with Crippen LogP contribution in [-0.2, 0) is 14.8 Å². The van der Waals surface area contributed by atoms with Gasteiger partial charge in [-0.2, -0.15) is 17.5 Å². The molecule has 29 heavy (non-hydrogen) atoms. The number of carbonyl (C=O) groups excluding carboxylic acids is 1. The van der Waals surface area contributed by atoms with Crippen molar-refractivity contribution in [2.45, 2.75) is 15.3 Å². The monoisotopic (exact) mass is 446 g/mol. The standard InChI is InChI=1S/C18H17F3N2O4S2/c19-18(20,21)28-15-6-4-13(5-7-15)17(24)22-14-2-1-3-16(12-14)29(25,26)23-8-10-27-11-9-23/h1-7,12H,8-11H2,(H,22,24). The number of carbonyl (C=O) groups is 1. The van der Waals surface area contributed by atoms with E-state index in [0.29, 0.717) is 13.2 Å². The van der Waals surface area contributed by atoms with Crippen molar-refractivity contribution in [3.63, 3.8) is 0 Å². The Balaban J connectivity index is 1.72. The molecular weight excluding hydrogens is 429 g/mol. The smallest absolute Gasteiger partial charge is 0.379 e. The highest BCUT2D eigenvalue weighted by atomic mass is 32.2. The van der Waals surface area contributed by atoms with Gasteiger partial charge in [0.05, 0.1) is 18.1 Å². The van der Waals surface area contributed by atoms with Crippen LogP contribution < -0.4 is 5.32 Å². The van der Waals surface area contributed by atoms with Gasteiger partial charge in [-0.25, -0.2) is 8.42 Å². The highest BCUT2D eigenvalue weighted by molar-refractivity contribution is 8.00. The van der Waals surface area contributed by atoms with Crippen LogP contribution in [0.15, 0.2) is 58.3 Å². The molecule has 0 atom stereocenters. The highest BCUT2D eigenvalue weighted by Gasteiger charge is 2.29. The van der Waals surface area contributed by atoms with Crippen molar-refractivity contribution in [2.75, 3.05) is 31.6 Å². The van der Waals surface area contributed by atoms with Gasteiger partial charge in [0, 0.05) is 29.2 Å². The number of anilines is 1. The third kappa shape index (κ3) is 5.72. The molecule has 1 amide bonds. The molecule has 0 spiro atoms. The largest absolute Gasteiger partial charge is 0.446 e. The summed E-state index contributed by atoms with van der Waals surface area (Å²) in [6.45, 7) is 1.14. The van der Waals surface area contributed by atoms with Crippen molar-refractivity contribution in [1.29, 1.82) is 0 Å². The predicted molar refractivity (Wildman–Crippen MR) is 102 cm³/mol. The first-order valence-corrected chi connectivity index (χ1v) is 10.8. The van der Waals surface area contributed by atoms with Gasteiger partial charge >= 0.3 is 5.51 Å². The van der Waals surface area contributed by atoms with Crippen molar-refractivity contribution in [3.8, 4) is 0 Å². The summed E-state index contributed by atoms with van der Waals surface area (Å²) in [5.41, 5.74) is -3.99. The van der Waals surface area contributed by atoms with E-state index in [0.717, 1.165) is 0 Å². The van der Waals surface area contributed by atoms with Crippen LogP contribution in [0.3, 0.4) is 0 Å². The number of nitrogens with one attached hydrogen (secondary N) is 1. The normalized spacial score (nSPS) is 15.8. The summed E-state index contributed by atoms with van der Waals surface area (Å²) < 4.78 is 69.0. The molecule has 1 saturated heterocycles. The van der Waals surface area contributed by atoms with Crippen molar-refractivity contribution < 1.29 is 31.1 Å². The molecule has 6 nitrogen and oxygen atoms in total. The maximum absolute atomic E-state index is 12.7. The molecule has 1 N–H and O–H groups in total. The molecule has 1 heterocycles. The quantitative estimate of drug-likeness (QED) is 0.711. The second-order valence-corrected chi connectivity index (χ2v) is 9.15. The average Bonchev–Trinajstić information content (AvgIpc) is 2.68. The topological polar surface area (TPSA) is 75.7 Å². The highest BCUT2D eigenvalue weighted by Crippen LogP contribution is 2.36. The number of hydrogen-bond donors (Lipinski definition) is 1. The Bertz CT molecular complexity index is 973. The van der Waals surface area contributed by atoms with E-state index in [1.165, 1.54) is 52.8 Å². The number of nitrogens with zero attached hydrogens (tertiary/aromatic N) is 1. The Morgan fingerprint density at radius 3 is 2.34 bits per heavy atom. The number of thioether (sulfide) groups is 1. The molecule has 1 aliphatic heterocycles. The minimum atomic E-state index is -4.41. The summed E-state index contributed by atoms with van der Waals surface area (Å²) in [6, 6.07) is 10.8. The minimum Gasteiger partial charge on any atom is -0.379 e. The number of ether oxygens (including phenoxy) is 1. The van der Waals surface area contributed by atoms with E-state index in [9.17, 15) is 26.4 Å². The fraction of sp³-hybridized carbons (Fsp3) is 0.278. The third-order valence-electron chi connectivity index (χ3n) is 4.05. The number of sulfonamides is 1. The summed E-state index contributed by atoms with van der Waals surface area (Å²) >= 11 is -0.269. The number of hydrogen-bond acceptors (Lipinski definition) is 5. The molecule has 1 fully saturated rings. The molecule has 11 heteroatoms. The zero-order chi connectivity index (χ0) is 21.1. The van der Waals surface area contributed by atoms with Crippen LogP contribution >= 0.6 is 11.8 Å². The lowest BCUT2D eigenvalue weighted by atomic mass is 10.2. The summed E-state index contributed by atoms with van der Waals surface area (Å²) in [5, 5.41) is 2.57. The molecule has 0 radical (unpaired) electrons. The average molecular weight is 446 g/mol. The van der Waals surface area contributed by atoms with Crippen LogP contribution in [0.25, 0.3) is 0 Å². The molecule has 156 valence electrons. The summed E-state index contributed by atoms with van der Waals surface area (Å²) in [7, 11) is -3.72. The van der Waals surface area contributed by atoms with Gasteiger partial charge in [-0.05, 0) is 54.2 Å². The molecule has 1 aliphatic rings. The van der Waals surface area contributed by atoms with Crippen molar-refractivity contribution in [1.82, 2.24) is 4.31 Å². The number of alkyl halides is 3. The first kappa shape index (κ1) is 21.6. The summed E-state index contributed by atoms with van der Waals surface area (Å²) in [6.07, 6.45) is 0. The predicted octanol–water partition coefficient (Wildman–Crippen LogP) is 3.57. The maximum atomic E-state index is 12.7. The Morgan fingerprint density at radius 1 is 1.07 bits per heavy atom. The van der Waals surface area contributed by atoms with Gasteiger partial charge in [-0.3, -0.25) is 4.79 Å². The van der Waals surface area contributed by atoms with Crippen LogP contribution in [0.1, 0.15) is 10.4 Å². The van der Waals surface area contributed by atoms with E-state index < -0.39 is 21.4 Å². The molecule has 0 aliphatic carbocycles. The molecule has 0 unspecified atom stereocenters. The van der Waals surface area contributed by atoms with Gasteiger partial charge in [0.1, 0.15) is 0 Å². The molecular formula is C18H17F3N2O4S2. The van der Waals surface area contributed by atoms with Gasteiger partial charge in [-0.1, -0.05) is 6.07 Å². The van der Waals surface area contributed by atoms with Gasteiger partial charge in [-0.15, -0.1) is 0 Å². The molecule has 2 aromatic rings. The number of morpholine rings is 1. The van der Waals surface area contributed by atoms with E-state index in [1.807, 2.05) is 0 Å². The first-order valence-electron chi connectivity index (χ1n) is 8.50. The van der Waals surface area contributed by atoms with Crippen LogP contribution in [0, 0.1) is 0 Å². The zero-order valence-electron chi connectivity index (χ0n) is 15.0. The van der Waals surface area contributed by atoms with Crippen molar-refractivity contribution in [3.05, 3.63) is 54.1 Å². The maximum Gasteiger partial charge on any atom is 0.446 e.